The van der Waals surface area contributed by atoms with Gasteiger partial charge in [-0.25, -0.2) is 4.79 Å². The second kappa shape index (κ2) is 7.31. The van der Waals surface area contributed by atoms with E-state index < -0.39 is 23.5 Å². The minimum absolute atomic E-state index is 0.373. The van der Waals surface area contributed by atoms with Gasteiger partial charge in [0.25, 0.3) is 5.91 Å². The van der Waals surface area contributed by atoms with E-state index in [2.05, 4.69) is 5.32 Å². The van der Waals surface area contributed by atoms with E-state index in [0.717, 1.165) is 0 Å². The van der Waals surface area contributed by atoms with Crippen molar-refractivity contribution in [3.8, 4) is 5.75 Å². The van der Waals surface area contributed by atoms with E-state index >= 15 is 0 Å². The van der Waals surface area contributed by atoms with Crippen molar-refractivity contribution in [2.75, 3.05) is 0 Å². The monoisotopic (exact) mass is 313 g/mol. The first-order valence-electron chi connectivity index (χ1n) is 6.74. The topological polar surface area (TPSA) is 75.6 Å². The lowest BCUT2D eigenvalue weighted by Gasteiger charge is -2.27. The number of ether oxygens (including phenoxy) is 1. The predicted octanol–water partition coefficient (Wildman–Crippen LogP) is 2.87. The lowest BCUT2D eigenvalue weighted by atomic mass is 10.1. The summed E-state index contributed by atoms with van der Waals surface area (Å²) in [5.41, 5.74) is -1.19. The number of hydrogen-bond acceptors (Lipinski definition) is 3. The molecule has 1 aromatic carbocycles. The summed E-state index contributed by atoms with van der Waals surface area (Å²) in [5.74, 6) is -1.03. The van der Waals surface area contributed by atoms with E-state index in [-0.39, 0.29) is 0 Å². The van der Waals surface area contributed by atoms with Crippen molar-refractivity contribution in [1.29, 1.82) is 0 Å². The van der Waals surface area contributed by atoms with Gasteiger partial charge in [-0.3, -0.25) is 4.79 Å². The van der Waals surface area contributed by atoms with Gasteiger partial charge < -0.3 is 15.2 Å². The largest absolute Gasteiger partial charge is 0.480 e. The molecule has 0 saturated heterocycles. The third-order valence-electron chi connectivity index (χ3n) is 2.91. The first-order chi connectivity index (χ1) is 9.76. The van der Waals surface area contributed by atoms with E-state index in [1.54, 1.807) is 38.1 Å². The molecule has 1 atom stereocenters. The summed E-state index contributed by atoms with van der Waals surface area (Å²) in [7, 11) is 0. The fraction of sp³-hybridized carbons (Fsp3) is 0.467. The number of benzene rings is 1. The van der Waals surface area contributed by atoms with Crippen LogP contribution in [-0.2, 0) is 9.59 Å². The molecule has 6 heteroatoms. The van der Waals surface area contributed by atoms with Crippen molar-refractivity contribution in [1.82, 2.24) is 5.32 Å². The van der Waals surface area contributed by atoms with Crippen LogP contribution in [0.5, 0.6) is 5.75 Å². The first-order valence-corrected chi connectivity index (χ1v) is 7.12. The number of nitrogens with one attached hydrogen (secondary N) is 1. The Labute approximate surface area is 129 Å². The number of amides is 1. The molecular formula is C15H20ClNO4. The summed E-state index contributed by atoms with van der Waals surface area (Å²) in [6.07, 6.45) is 1.04. The average Bonchev–Trinajstić information content (AvgIpc) is 2.40. The molecule has 1 unspecified atom stereocenters. The Balaban J connectivity index is 2.74. The smallest absolute Gasteiger partial charge is 0.326 e. The van der Waals surface area contributed by atoms with Gasteiger partial charge in [0.1, 0.15) is 11.8 Å². The summed E-state index contributed by atoms with van der Waals surface area (Å²) in [4.78, 5) is 23.3. The van der Waals surface area contributed by atoms with Gasteiger partial charge in [0.05, 0.1) is 0 Å². The van der Waals surface area contributed by atoms with E-state index in [4.69, 9.17) is 21.4 Å². The van der Waals surface area contributed by atoms with Crippen LogP contribution in [0.1, 0.15) is 33.6 Å². The van der Waals surface area contributed by atoms with E-state index in [9.17, 15) is 9.59 Å². The molecule has 1 aromatic rings. The molecular weight excluding hydrogens is 294 g/mol. The Bertz CT molecular complexity index is 499. The standard InChI is InChI=1S/C15H20ClNO4/c1-4-5-12(13(18)19)17-14(20)15(2,3)21-11-8-6-10(16)7-9-11/h6-9,12H,4-5H2,1-3H3,(H,17,20)(H,18,19). The zero-order valence-corrected chi connectivity index (χ0v) is 13.1. The van der Waals surface area contributed by atoms with Crippen LogP contribution in [0.2, 0.25) is 5.02 Å². The molecule has 1 amide bonds. The van der Waals surface area contributed by atoms with Crippen LogP contribution in [0.3, 0.4) is 0 Å². The van der Waals surface area contributed by atoms with Crippen molar-refractivity contribution in [2.24, 2.45) is 0 Å². The van der Waals surface area contributed by atoms with E-state index in [0.29, 0.717) is 23.6 Å². The maximum atomic E-state index is 12.2. The minimum Gasteiger partial charge on any atom is -0.480 e. The predicted molar refractivity (Wildman–Crippen MR) is 80.6 cm³/mol. The number of carbonyl (C=O) groups excluding carboxylic acids is 1. The number of carbonyl (C=O) groups is 2. The van der Waals surface area contributed by atoms with Gasteiger partial charge in [0, 0.05) is 5.02 Å². The molecule has 0 aliphatic rings. The van der Waals surface area contributed by atoms with Gasteiger partial charge >= 0.3 is 5.97 Å². The molecule has 0 aromatic heterocycles. The van der Waals surface area contributed by atoms with Crippen molar-refractivity contribution in [3.05, 3.63) is 29.3 Å². The van der Waals surface area contributed by atoms with Crippen LogP contribution in [0.15, 0.2) is 24.3 Å². The zero-order valence-electron chi connectivity index (χ0n) is 12.4. The van der Waals surface area contributed by atoms with Crippen molar-refractivity contribution in [3.63, 3.8) is 0 Å². The van der Waals surface area contributed by atoms with Crippen LogP contribution in [0, 0.1) is 0 Å². The number of halogens is 1. The van der Waals surface area contributed by atoms with Gasteiger partial charge in [-0.2, -0.15) is 0 Å². The summed E-state index contributed by atoms with van der Waals surface area (Å²) in [6, 6.07) is 5.70. The Morgan fingerprint density at radius 1 is 1.33 bits per heavy atom. The lowest BCUT2D eigenvalue weighted by molar-refractivity contribution is -0.145. The van der Waals surface area contributed by atoms with E-state index in [1.165, 1.54) is 0 Å². The number of aliphatic carboxylic acids is 1. The Hall–Kier alpha value is -1.75. The summed E-state index contributed by atoms with van der Waals surface area (Å²) in [6.45, 7) is 5.03. The molecule has 0 fully saturated rings. The third kappa shape index (κ3) is 5.27. The molecule has 0 aliphatic heterocycles. The molecule has 5 nitrogen and oxygen atoms in total. The molecule has 0 heterocycles. The molecule has 0 saturated carbocycles. The normalized spacial score (nSPS) is 12.6. The van der Waals surface area contributed by atoms with Gasteiger partial charge in [-0.05, 0) is 44.5 Å². The number of carboxylic acid groups (broad SMARTS) is 1. The highest BCUT2D eigenvalue weighted by atomic mass is 35.5. The summed E-state index contributed by atoms with van der Waals surface area (Å²) in [5, 5.41) is 12.1. The number of hydrogen-bond donors (Lipinski definition) is 2. The Kier molecular flexibility index (Phi) is 6.03. The molecule has 21 heavy (non-hydrogen) atoms. The molecule has 2 N–H and O–H groups in total. The Morgan fingerprint density at radius 3 is 2.38 bits per heavy atom. The van der Waals surface area contributed by atoms with Gasteiger partial charge in [-0.15, -0.1) is 0 Å². The number of carboxylic acids is 1. The second-order valence-corrected chi connectivity index (χ2v) is 5.66. The average molecular weight is 314 g/mol. The third-order valence-corrected chi connectivity index (χ3v) is 3.17. The van der Waals surface area contributed by atoms with E-state index in [1.807, 2.05) is 6.92 Å². The quantitative estimate of drug-likeness (QED) is 0.811. The van der Waals surface area contributed by atoms with Gasteiger partial charge in [0.2, 0.25) is 0 Å². The fourth-order valence-electron chi connectivity index (χ4n) is 1.72. The molecule has 0 radical (unpaired) electrons. The second-order valence-electron chi connectivity index (χ2n) is 5.22. The SMILES string of the molecule is CCCC(NC(=O)C(C)(C)Oc1ccc(Cl)cc1)C(=O)O. The Morgan fingerprint density at radius 2 is 1.90 bits per heavy atom. The molecule has 0 aliphatic carbocycles. The van der Waals surface area contributed by atoms with Crippen LogP contribution in [-0.4, -0.2) is 28.6 Å². The molecule has 0 spiro atoms. The van der Waals surface area contributed by atoms with Crippen LogP contribution >= 0.6 is 11.6 Å². The molecule has 1 rings (SSSR count). The van der Waals surface area contributed by atoms with Gasteiger partial charge in [0.15, 0.2) is 5.60 Å². The highest BCUT2D eigenvalue weighted by molar-refractivity contribution is 6.30. The van der Waals surface area contributed by atoms with Crippen LogP contribution < -0.4 is 10.1 Å². The lowest BCUT2D eigenvalue weighted by Crippen LogP contribution is -2.52. The maximum Gasteiger partial charge on any atom is 0.326 e. The molecule has 0 bridgehead atoms. The fourth-order valence-corrected chi connectivity index (χ4v) is 1.85. The first kappa shape index (κ1) is 17.3. The number of rotatable bonds is 7. The summed E-state index contributed by atoms with van der Waals surface area (Å²) < 4.78 is 5.61. The van der Waals surface area contributed by atoms with Crippen molar-refractivity contribution < 1.29 is 19.4 Å². The van der Waals surface area contributed by atoms with Crippen molar-refractivity contribution in [2.45, 2.75) is 45.3 Å². The highest BCUT2D eigenvalue weighted by Crippen LogP contribution is 2.21. The maximum absolute atomic E-state index is 12.2. The van der Waals surface area contributed by atoms with Crippen LogP contribution in [0.4, 0.5) is 0 Å². The van der Waals surface area contributed by atoms with Crippen molar-refractivity contribution >= 4 is 23.5 Å². The van der Waals surface area contributed by atoms with Crippen LogP contribution in [0.25, 0.3) is 0 Å². The zero-order chi connectivity index (χ0) is 16.0. The van der Waals surface area contributed by atoms with Gasteiger partial charge in [-0.1, -0.05) is 24.9 Å². The summed E-state index contributed by atoms with van der Waals surface area (Å²) >= 11 is 5.78. The highest BCUT2D eigenvalue weighted by Gasteiger charge is 2.33. The molecule has 116 valence electrons. The minimum atomic E-state index is -1.19.